The summed E-state index contributed by atoms with van der Waals surface area (Å²) in [5, 5.41) is 0. The fraction of sp³-hybridized carbons (Fsp3) is 0.818. The molecule has 1 unspecified atom stereocenters. The molecule has 2 heteroatoms. The van der Waals surface area contributed by atoms with Crippen molar-refractivity contribution in [3.05, 3.63) is 11.8 Å². The van der Waals surface area contributed by atoms with Gasteiger partial charge in [-0.15, -0.1) is 0 Å². The Balaban J connectivity index is 2.03. The molecule has 2 aliphatic rings. The van der Waals surface area contributed by atoms with E-state index < -0.39 is 0 Å². The van der Waals surface area contributed by atoms with Crippen LogP contribution in [-0.2, 0) is 4.74 Å². The number of hydrogen-bond donors (Lipinski definition) is 1. The van der Waals surface area contributed by atoms with E-state index in [-0.39, 0.29) is 6.04 Å². The Labute approximate surface area is 80.1 Å². The lowest BCUT2D eigenvalue weighted by atomic mass is 9.86. The molecule has 0 aromatic carbocycles. The average Bonchev–Trinajstić information content (AvgIpc) is 2.99. The van der Waals surface area contributed by atoms with E-state index in [2.05, 4.69) is 6.92 Å². The summed E-state index contributed by atoms with van der Waals surface area (Å²) in [4.78, 5) is 0. The quantitative estimate of drug-likeness (QED) is 0.724. The Hall–Kier alpha value is -0.500. The van der Waals surface area contributed by atoms with Crippen LogP contribution in [0.15, 0.2) is 11.8 Å². The Morgan fingerprint density at radius 3 is 2.85 bits per heavy atom. The van der Waals surface area contributed by atoms with E-state index in [1.54, 1.807) is 0 Å². The van der Waals surface area contributed by atoms with Crippen LogP contribution in [-0.4, -0.2) is 12.6 Å². The average molecular weight is 181 g/mol. The van der Waals surface area contributed by atoms with E-state index in [1.807, 2.05) is 6.26 Å². The predicted octanol–water partition coefficient (Wildman–Crippen LogP) is 2.20. The zero-order valence-corrected chi connectivity index (χ0v) is 8.38. The summed E-state index contributed by atoms with van der Waals surface area (Å²) >= 11 is 0. The van der Waals surface area contributed by atoms with Crippen LogP contribution in [0.5, 0.6) is 0 Å². The second-order valence-electron chi connectivity index (χ2n) is 4.36. The van der Waals surface area contributed by atoms with E-state index in [1.165, 1.54) is 24.8 Å². The molecule has 0 radical (unpaired) electrons. The molecule has 0 amide bonds. The molecular weight excluding hydrogens is 162 g/mol. The summed E-state index contributed by atoms with van der Waals surface area (Å²) in [6, 6.07) is 0.262. The van der Waals surface area contributed by atoms with Crippen molar-refractivity contribution >= 4 is 0 Å². The molecule has 2 nitrogen and oxygen atoms in total. The van der Waals surface area contributed by atoms with Gasteiger partial charge in [0.25, 0.3) is 0 Å². The Bertz CT molecular complexity index is 218. The molecule has 1 saturated carbocycles. The molecule has 0 spiro atoms. The lowest BCUT2D eigenvalue weighted by Crippen LogP contribution is -2.34. The van der Waals surface area contributed by atoms with Gasteiger partial charge in [0.05, 0.1) is 12.9 Å². The first kappa shape index (κ1) is 9.07. The third-order valence-corrected chi connectivity index (χ3v) is 3.62. The molecule has 1 aliphatic carbocycles. The smallest absolute Gasteiger partial charge is 0.0876 e. The van der Waals surface area contributed by atoms with Gasteiger partial charge in [0.15, 0.2) is 0 Å². The molecule has 2 rings (SSSR count). The van der Waals surface area contributed by atoms with Gasteiger partial charge in [-0.3, -0.25) is 0 Å². The van der Waals surface area contributed by atoms with Gasteiger partial charge in [-0.2, -0.15) is 0 Å². The molecule has 1 heterocycles. The van der Waals surface area contributed by atoms with Crippen LogP contribution in [0.3, 0.4) is 0 Å². The molecule has 13 heavy (non-hydrogen) atoms. The maximum Gasteiger partial charge on any atom is 0.0876 e. The summed E-state index contributed by atoms with van der Waals surface area (Å²) in [6.07, 6.45) is 8.02. The zero-order valence-electron chi connectivity index (χ0n) is 8.38. The minimum Gasteiger partial charge on any atom is -0.501 e. The van der Waals surface area contributed by atoms with Gasteiger partial charge in [0.1, 0.15) is 0 Å². The predicted molar refractivity (Wildman–Crippen MR) is 53.2 cm³/mol. The lowest BCUT2D eigenvalue weighted by Gasteiger charge is -2.26. The van der Waals surface area contributed by atoms with Crippen LogP contribution in [0.25, 0.3) is 0 Å². The first-order valence-electron chi connectivity index (χ1n) is 5.35. The van der Waals surface area contributed by atoms with Gasteiger partial charge in [0.2, 0.25) is 0 Å². The molecule has 2 N–H and O–H groups in total. The zero-order chi connectivity index (χ0) is 9.31. The fourth-order valence-electron chi connectivity index (χ4n) is 2.25. The second kappa shape index (κ2) is 3.33. The summed E-state index contributed by atoms with van der Waals surface area (Å²) in [7, 11) is 0. The normalized spacial score (nSPS) is 27.4. The summed E-state index contributed by atoms with van der Waals surface area (Å²) in [6.45, 7) is 3.12. The third-order valence-electron chi connectivity index (χ3n) is 3.62. The molecule has 0 aromatic heterocycles. The van der Waals surface area contributed by atoms with Gasteiger partial charge in [-0.1, -0.05) is 6.92 Å². The molecule has 74 valence electrons. The number of ether oxygens (including phenoxy) is 1. The van der Waals surface area contributed by atoms with Crippen LogP contribution in [0.4, 0.5) is 0 Å². The topological polar surface area (TPSA) is 35.2 Å². The van der Waals surface area contributed by atoms with Crippen LogP contribution >= 0.6 is 0 Å². The van der Waals surface area contributed by atoms with Gasteiger partial charge < -0.3 is 10.5 Å². The van der Waals surface area contributed by atoms with Crippen LogP contribution < -0.4 is 5.73 Å². The fourth-order valence-corrected chi connectivity index (χ4v) is 2.25. The Kier molecular flexibility index (Phi) is 2.33. The number of hydrogen-bond acceptors (Lipinski definition) is 2. The van der Waals surface area contributed by atoms with Gasteiger partial charge >= 0.3 is 0 Å². The highest BCUT2D eigenvalue weighted by Gasteiger charge is 2.47. The number of rotatable bonds is 3. The lowest BCUT2D eigenvalue weighted by molar-refractivity contribution is 0.215. The van der Waals surface area contributed by atoms with Gasteiger partial charge in [-0.05, 0) is 43.1 Å². The first-order valence-corrected chi connectivity index (χ1v) is 5.35. The SMILES string of the molecule is CCC1(C(N)C2=COCCC2)CC1. The highest BCUT2D eigenvalue weighted by atomic mass is 16.5. The number of nitrogens with two attached hydrogens (primary N) is 1. The van der Waals surface area contributed by atoms with Crippen LogP contribution in [0.1, 0.15) is 39.0 Å². The Morgan fingerprint density at radius 2 is 2.38 bits per heavy atom. The minimum atomic E-state index is 0.262. The Morgan fingerprint density at radius 1 is 1.62 bits per heavy atom. The maximum atomic E-state index is 6.25. The summed E-state index contributed by atoms with van der Waals surface area (Å²) in [5.74, 6) is 0. The van der Waals surface area contributed by atoms with Crippen molar-refractivity contribution < 1.29 is 4.74 Å². The molecule has 0 aromatic rings. The minimum absolute atomic E-state index is 0.262. The highest BCUT2D eigenvalue weighted by molar-refractivity contribution is 5.18. The van der Waals surface area contributed by atoms with Crippen molar-refractivity contribution in [2.24, 2.45) is 11.1 Å². The third kappa shape index (κ3) is 1.60. The van der Waals surface area contributed by atoms with Crippen LogP contribution in [0, 0.1) is 5.41 Å². The van der Waals surface area contributed by atoms with E-state index in [9.17, 15) is 0 Å². The van der Waals surface area contributed by atoms with Gasteiger partial charge in [0, 0.05) is 6.04 Å². The summed E-state index contributed by atoms with van der Waals surface area (Å²) in [5.41, 5.74) is 8.03. The van der Waals surface area contributed by atoms with Crippen molar-refractivity contribution in [2.75, 3.05) is 6.61 Å². The first-order chi connectivity index (χ1) is 6.28. The van der Waals surface area contributed by atoms with Crippen molar-refractivity contribution in [1.82, 2.24) is 0 Å². The largest absolute Gasteiger partial charge is 0.501 e. The maximum absolute atomic E-state index is 6.25. The monoisotopic (exact) mass is 181 g/mol. The second-order valence-corrected chi connectivity index (χ2v) is 4.36. The molecule has 1 aliphatic heterocycles. The molecule has 0 saturated heterocycles. The van der Waals surface area contributed by atoms with Crippen molar-refractivity contribution in [3.63, 3.8) is 0 Å². The molecule has 1 atom stereocenters. The van der Waals surface area contributed by atoms with E-state index in [0.717, 1.165) is 19.4 Å². The highest BCUT2D eigenvalue weighted by Crippen LogP contribution is 2.53. The van der Waals surface area contributed by atoms with Crippen molar-refractivity contribution in [2.45, 2.75) is 45.1 Å². The van der Waals surface area contributed by atoms with E-state index in [0.29, 0.717) is 5.41 Å². The summed E-state index contributed by atoms with van der Waals surface area (Å²) < 4.78 is 5.33. The molecule has 0 bridgehead atoms. The van der Waals surface area contributed by atoms with Crippen molar-refractivity contribution in [1.29, 1.82) is 0 Å². The standard InChI is InChI=1S/C11H19NO/c1-2-11(5-6-11)10(12)9-4-3-7-13-8-9/h8,10H,2-7,12H2,1H3. The van der Waals surface area contributed by atoms with Gasteiger partial charge in [-0.25, -0.2) is 0 Å². The van der Waals surface area contributed by atoms with E-state index in [4.69, 9.17) is 10.5 Å². The van der Waals surface area contributed by atoms with Crippen LogP contribution in [0.2, 0.25) is 0 Å². The van der Waals surface area contributed by atoms with E-state index >= 15 is 0 Å². The molecular formula is C11H19NO. The molecule has 1 fully saturated rings. The van der Waals surface area contributed by atoms with Crippen molar-refractivity contribution in [3.8, 4) is 0 Å².